The number of hydrogen-bond acceptors (Lipinski definition) is 3. The lowest BCUT2D eigenvalue weighted by molar-refractivity contribution is -0.135. The predicted molar refractivity (Wildman–Crippen MR) is 93.0 cm³/mol. The maximum atomic E-state index is 12.6. The minimum absolute atomic E-state index is 0. The number of piperidine rings is 1. The van der Waals surface area contributed by atoms with Crippen LogP contribution in [-0.2, 0) is 11.3 Å². The summed E-state index contributed by atoms with van der Waals surface area (Å²) in [6, 6.07) is 10.7. The Balaban J connectivity index is 0.00000242. The van der Waals surface area contributed by atoms with Crippen molar-refractivity contribution in [3.05, 3.63) is 35.9 Å². The molecule has 5 heteroatoms. The summed E-state index contributed by atoms with van der Waals surface area (Å²) in [6.07, 6.45) is 1.99. The Morgan fingerprint density at radius 3 is 2.41 bits per heavy atom. The van der Waals surface area contributed by atoms with Crippen LogP contribution < -0.4 is 5.73 Å². The average molecular weight is 326 g/mol. The van der Waals surface area contributed by atoms with Crippen LogP contribution in [0.4, 0.5) is 0 Å². The molecule has 4 nitrogen and oxygen atoms in total. The largest absolute Gasteiger partial charge is 0.335 e. The molecule has 1 heterocycles. The molecule has 22 heavy (non-hydrogen) atoms. The Bertz CT molecular complexity index is 444. The van der Waals surface area contributed by atoms with Crippen molar-refractivity contribution in [3.63, 3.8) is 0 Å². The van der Waals surface area contributed by atoms with E-state index in [4.69, 9.17) is 5.73 Å². The summed E-state index contributed by atoms with van der Waals surface area (Å²) in [5.74, 6) is 0.212. The second kappa shape index (κ2) is 9.13. The third-order valence-electron chi connectivity index (χ3n) is 4.13. The highest BCUT2D eigenvalue weighted by Crippen LogP contribution is 2.12. The molecule has 1 aromatic carbocycles. The van der Waals surface area contributed by atoms with Gasteiger partial charge in [0.25, 0.3) is 0 Å². The van der Waals surface area contributed by atoms with E-state index in [1.807, 2.05) is 23.1 Å². The molecule has 1 aromatic rings. The standard InChI is InChI=1S/C17H27N3O.ClH/c1-14(2)20(12-15-6-4-3-5-7-15)17(21)13-19-10-8-16(18)9-11-19;/h3-7,14,16H,8-13,18H2,1-2H3;1H. The van der Waals surface area contributed by atoms with Gasteiger partial charge < -0.3 is 10.6 Å². The first-order chi connectivity index (χ1) is 10.1. The maximum absolute atomic E-state index is 12.6. The van der Waals surface area contributed by atoms with Crippen LogP contribution in [0.5, 0.6) is 0 Å². The molecule has 124 valence electrons. The highest BCUT2D eigenvalue weighted by molar-refractivity contribution is 5.85. The van der Waals surface area contributed by atoms with Crippen molar-refractivity contribution in [2.24, 2.45) is 5.73 Å². The number of hydrogen-bond donors (Lipinski definition) is 1. The van der Waals surface area contributed by atoms with E-state index in [2.05, 4.69) is 30.9 Å². The first-order valence-corrected chi connectivity index (χ1v) is 7.87. The second-order valence-electron chi connectivity index (χ2n) is 6.21. The minimum Gasteiger partial charge on any atom is -0.335 e. The number of likely N-dealkylation sites (tertiary alicyclic amines) is 1. The molecular weight excluding hydrogens is 298 g/mol. The molecule has 0 saturated carbocycles. The highest BCUT2D eigenvalue weighted by atomic mass is 35.5. The van der Waals surface area contributed by atoms with Crippen molar-refractivity contribution in [3.8, 4) is 0 Å². The summed E-state index contributed by atoms with van der Waals surface area (Å²) in [7, 11) is 0. The van der Waals surface area contributed by atoms with Crippen LogP contribution in [0.1, 0.15) is 32.3 Å². The lowest BCUT2D eigenvalue weighted by Crippen LogP contribution is -2.47. The van der Waals surface area contributed by atoms with Crippen LogP contribution in [0.3, 0.4) is 0 Å². The van der Waals surface area contributed by atoms with Gasteiger partial charge in [-0.05, 0) is 32.3 Å². The van der Waals surface area contributed by atoms with Crippen LogP contribution in [0.15, 0.2) is 30.3 Å². The number of halogens is 1. The predicted octanol–water partition coefficient (Wildman–Crippen LogP) is 2.27. The van der Waals surface area contributed by atoms with Gasteiger partial charge in [0.2, 0.25) is 5.91 Å². The van der Waals surface area contributed by atoms with Gasteiger partial charge in [0.1, 0.15) is 0 Å². The number of benzene rings is 1. The van der Waals surface area contributed by atoms with Crippen LogP contribution in [-0.4, -0.2) is 47.4 Å². The minimum atomic E-state index is 0. The first kappa shape index (κ1) is 18.9. The average Bonchev–Trinajstić information content (AvgIpc) is 2.48. The van der Waals surface area contributed by atoms with Crippen molar-refractivity contribution >= 4 is 18.3 Å². The number of amides is 1. The zero-order valence-corrected chi connectivity index (χ0v) is 14.4. The van der Waals surface area contributed by atoms with Gasteiger partial charge in [0, 0.05) is 31.7 Å². The van der Waals surface area contributed by atoms with E-state index in [1.165, 1.54) is 5.56 Å². The van der Waals surface area contributed by atoms with Crippen molar-refractivity contribution in [2.75, 3.05) is 19.6 Å². The molecule has 0 radical (unpaired) electrons. The third kappa shape index (κ3) is 5.59. The third-order valence-corrected chi connectivity index (χ3v) is 4.13. The number of nitrogens with zero attached hydrogens (tertiary/aromatic N) is 2. The molecule has 2 N–H and O–H groups in total. The van der Waals surface area contributed by atoms with Gasteiger partial charge in [-0.2, -0.15) is 0 Å². The molecule has 0 bridgehead atoms. The lowest BCUT2D eigenvalue weighted by atomic mass is 10.1. The van der Waals surface area contributed by atoms with Gasteiger partial charge in [0.05, 0.1) is 6.54 Å². The number of nitrogens with two attached hydrogens (primary N) is 1. The molecule has 1 fully saturated rings. The topological polar surface area (TPSA) is 49.6 Å². The molecule has 1 aliphatic heterocycles. The molecule has 1 saturated heterocycles. The molecule has 0 aromatic heterocycles. The molecule has 1 aliphatic rings. The zero-order chi connectivity index (χ0) is 15.2. The summed E-state index contributed by atoms with van der Waals surface area (Å²) in [5, 5.41) is 0. The fraction of sp³-hybridized carbons (Fsp3) is 0.588. The normalized spacial score (nSPS) is 16.4. The Morgan fingerprint density at radius 1 is 1.27 bits per heavy atom. The van der Waals surface area contributed by atoms with Crippen molar-refractivity contribution in [1.82, 2.24) is 9.80 Å². The molecule has 0 unspecified atom stereocenters. The van der Waals surface area contributed by atoms with Gasteiger partial charge in [0.15, 0.2) is 0 Å². The highest BCUT2D eigenvalue weighted by Gasteiger charge is 2.22. The van der Waals surface area contributed by atoms with E-state index in [1.54, 1.807) is 0 Å². The number of carbonyl (C=O) groups excluding carboxylic acids is 1. The van der Waals surface area contributed by atoms with E-state index >= 15 is 0 Å². The maximum Gasteiger partial charge on any atom is 0.237 e. The second-order valence-corrected chi connectivity index (χ2v) is 6.21. The fourth-order valence-electron chi connectivity index (χ4n) is 2.73. The number of carbonyl (C=O) groups is 1. The van der Waals surface area contributed by atoms with E-state index in [-0.39, 0.29) is 24.4 Å². The number of rotatable bonds is 5. The first-order valence-electron chi connectivity index (χ1n) is 7.87. The molecule has 2 rings (SSSR count). The quantitative estimate of drug-likeness (QED) is 0.903. The van der Waals surface area contributed by atoms with Crippen molar-refractivity contribution in [2.45, 2.75) is 45.3 Å². The summed E-state index contributed by atoms with van der Waals surface area (Å²) < 4.78 is 0. The van der Waals surface area contributed by atoms with Crippen LogP contribution in [0.2, 0.25) is 0 Å². The Hall–Kier alpha value is -1.10. The molecular formula is C17H28ClN3O. The van der Waals surface area contributed by atoms with Gasteiger partial charge in [-0.15, -0.1) is 12.4 Å². The summed E-state index contributed by atoms with van der Waals surface area (Å²) in [4.78, 5) is 16.8. The zero-order valence-electron chi connectivity index (χ0n) is 13.6. The summed E-state index contributed by atoms with van der Waals surface area (Å²) in [5.41, 5.74) is 7.10. The van der Waals surface area contributed by atoms with Gasteiger partial charge in [-0.25, -0.2) is 0 Å². The monoisotopic (exact) mass is 325 g/mol. The van der Waals surface area contributed by atoms with Crippen LogP contribution in [0.25, 0.3) is 0 Å². The molecule has 0 aliphatic carbocycles. The Morgan fingerprint density at radius 2 is 1.86 bits per heavy atom. The molecule has 0 spiro atoms. The lowest BCUT2D eigenvalue weighted by Gasteiger charge is -2.33. The summed E-state index contributed by atoms with van der Waals surface area (Å²) >= 11 is 0. The van der Waals surface area contributed by atoms with Gasteiger partial charge in [-0.1, -0.05) is 30.3 Å². The Kier molecular flexibility index (Phi) is 7.87. The molecule has 1 amide bonds. The van der Waals surface area contributed by atoms with Gasteiger partial charge >= 0.3 is 0 Å². The van der Waals surface area contributed by atoms with E-state index in [9.17, 15) is 4.79 Å². The molecule has 0 atom stereocenters. The van der Waals surface area contributed by atoms with E-state index < -0.39 is 0 Å². The van der Waals surface area contributed by atoms with Crippen molar-refractivity contribution < 1.29 is 4.79 Å². The van der Waals surface area contributed by atoms with Crippen LogP contribution in [0, 0.1) is 0 Å². The van der Waals surface area contributed by atoms with Crippen LogP contribution >= 0.6 is 12.4 Å². The smallest absolute Gasteiger partial charge is 0.237 e. The summed E-state index contributed by atoms with van der Waals surface area (Å²) in [6.45, 7) is 7.22. The van der Waals surface area contributed by atoms with E-state index in [0.29, 0.717) is 19.1 Å². The Labute approximate surface area is 140 Å². The van der Waals surface area contributed by atoms with Gasteiger partial charge in [-0.3, -0.25) is 9.69 Å². The van der Waals surface area contributed by atoms with E-state index in [0.717, 1.165) is 25.9 Å². The van der Waals surface area contributed by atoms with Crippen molar-refractivity contribution in [1.29, 1.82) is 0 Å². The fourth-order valence-corrected chi connectivity index (χ4v) is 2.73. The SMILES string of the molecule is CC(C)N(Cc1ccccc1)C(=O)CN1CCC(N)CC1.Cl.